The number of nitro groups is 1. The van der Waals surface area contributed by atoms with E-state index in [2.05, 4.69) is 5.32 Å². The van der Waals surface area contributed by atoms with Crippen LogP contribution in [0.4, 0.5) is 5.88 Å². The lowest BCUT2D eigenvalue weighted by molar-refractivity contribution is -0.402. The van der Waals surface area contributed by atoms with Gasteiger partial charge in [0, 0.05) is 6.42 Å². The lowest BCUT2D eigenvalue weighted by Gasteiger charge is -2.16. The smallest absolute Gasteiger partial charge is 0.395 e. The number of furan rings is 1. The van der Waals surface area contributed by atoms with Crippen molar-refractivity contribution in [2.24, 2.45) is 0 Å². The zero-order valence-electron chi connectivity index (χ0n) is 10.9. The lowest BCUT2D eigenvalue weighted by atomic mass is 10.1. The third-order valence-corrected chi connectivity index (χ3v) is 3.49. The molecule has 21 heavy (non-hydrogen) atoms. The normalized spacial score (nSPS) is 20.0. The number of hydrogen-bond donors (Lipinski definition) is 2. The van der Waals surface area contributed by atoms with E-state index in [1.807, 2.05) is 24.3 Å². The summed E-state index contributed by atoms with van der Waals surface area (Å²) in [4.78, 5) is 21.9. The van der Waals surface area contributed by atoms with Gasteiger partial charge in [0.1, 0.15) is 4.92 Å². The number of carbonyl (C=O) groups is 1. The van der Waals surface area contributed by atoms with Crippen molar-refractivity contribution in [2.75, 3.05) is 0 Å². The minimum atomic E-state index is -0.726. The standard InChI is InChI=1S/C14H12N2O5/c17-10-7-8-3-1-2-4-9(8)13(10)15-14(18)11-5-6-12(21-11)16(19)20/h1-6,10,13,17H,7H2,(H,15,18)/t10-,13+/m1/s1. The Morgan fingerprint density at radius 3 is 2.81 bits per heavy atom. The van der Waals surface area contributed by atoms with E-state index in [1.165, 1.54) is 6.07 Å². The van der Waals surface area contributed by atoms with Gasteiger partial charge >= 0.3 is 5.88 Å². The van der Waals surface area contributed by atoms with E-state index in [0.29, 0.717) is 6.42 Å². The summed E-state index contributed by atoms with van der Waals surface area (Å²) in [5, 5.41) is 23.2. The molecule has 3 rings (SSSR count). The molecular formula is C14H12N2O5. The second-order valence-corrected chi connectivity index (χ2v) is 4.82. The summed E-state index contributed by atoms with van der Waals surface area (Å²) in [7, 11) is 0. The van der Waals surface area contributed by atoms with E-state index in [1.54, 1.807) is 0 Å². The van der Waals surface area contributed by atoms with Crippen LogP contribution in [0.2, 0.25) is 0 Å². The summed E-state index contributed by atoms with van der Waals surface area (Å²) in [6, 6.07) is 9.23. The lowest BCUT2D eigenvalue weighted by Crippen LogP contribution is -2.33. The fraction of sp³-hybridized carbons (Fsp3) is 0.214. The fourth-order valence-electron chi connectivity index (χ4n) is 2.51. The van der Waals surface area contributed by atoms with Crippen molar-refractivity contribution in [3.05, 3.63) is 63.4 Å². The quantitative estimate of drug-likeness (QED) is 0.658. The molecule has 0 aliphatic heterocycles. The van der Waals surface area contributed by atoms with Gasteiger partial charge in [-0.05, 0) is 17.2 Å². The SMILES string of the molecule is O=C(N[C@H]1c2ccccc2C[C@H]1O)c1ccc([N+](=O)[O-])o1. The topological polar surface area (TPSA) is 106 Å². The molecule has 1 heterocycles. The molecular weight excluding hydrogens is 276 g/mol. The number of benzene rings is 1. The van der Waals surface area contributed by atoms with Gasteiger partial charge in [0.2, 0.25) is 0 Å². The summed E-state index contributed by atoms with van der Waals surface area (Å²) in [6.45, 7) is 0. The van der Waals surface area contributed by atoms with Crippen LogP contribution < -0.4 is 5.32 Å². The summed E-state index contributed by atoms with van der Waals surface area (Å²) in [6.07, 6.45) is -0.268. The minimum absolute atomic E-state index is 0.154. The second-order valence-electron chi connectivity index (χ2n) is 4.82. The maximum Gasteiger partial charge on any atom is 0.433 e. The highest BCUT2D eigenvalue weighted by Crippen LogP contribution is 2.31. The molecule has 0 unspecified atom stereocenters. The van der Waals surface area contributed by atoms with Gasteiger partial charge in [0.25, 0.3) is 5.91 Å². The molecule has 1 aliphatic carbocycles. The predicted octanol–water partition coefficient (Wildman–Crippen LogP) is 1.58. The number of aliphatic hydroxyl groups is 1. The number of nitrogens with one attached hydrogen (secondary N) is 1. The zero-order valence-corrected chi connectivity index (χ0v) is 10.9. The number of rotatable bonds is 3. The summed E-state index contributed by atoms with van der Waals surface area (Å²) >= 11 is 0. The number of fused-ring (bicyclic) bond motifs is 1. The Labute approximate surface area is 119 Å². The van der Waals surface area contributed by atoms with Gasteiger partial charge in [0.15, 0.2) is 5.76 Å². The van der Waals surface area contributed by atoms with Crippen molar-refractivity contribution in [1.29, 1.82) is 0 Å². The second kappa shape index (κ2) is 5.02. The number of hydrogen-bond acceptors (Lipinski definition) is 5. The molecule has 108 valence electrons. The molecule has 2 aromatic rings. The van der Waals surface area contributed by atoms with Gasteiger partial charge in [-0.1, -0.05) is 24.3 Å². The Hall–Kier alpha value is -2.67. The van der Waals surface area contributed by atoms with Crippen LogP contribution in [0.1, 0.15) is 27.7 Å². The maximum atomic E-state index is 12.1. The van der Waals surface area contributed by atoms with Crippen molar-refractivity contribution in [1.82, 2.24) is 5.32 Å². The summed E-state index contributed by atoms with van der Waals surface area (Å²) in [5.74, 6) is -1.24. The molecule has 1 aliphatic rings. The largest absolute Gasteiger partial charge is 0.433 e. The Morgan fingerprint density at radius 1 is 1.33 bits per heavy atom. The molecule has 2 atom stereocenters. The van der Waals surface area contributed by atoms with Gasteiger partial charge in [0.05, 0.1) is 18.2 Å². The first-order chi connectivity index (χ1) is 10.1. The molecule has 7 nitrogen and oxygen atoms in total. The van der Waals surface area contributed by atoms with Crippen LogP contribution in [0, 0.1) is 10.1 Å². The molecule has 0 fully saturated rings. The Bertz CT molecular complexity index is 709. The van der Waals surface area contributed by atoms with Crippen LogP contribution in [-0.2, 0) is 6.42 Å². The van der Waals surface area contributed by atoms with E-state index in [9.17, 15) is 20.0 Å². The molecule has 1 aromatic heterocycles. The number of amides is 1. The highest BCUT2D eigenvalue weighted by atomic mass is 16.6. The third-order valence-electron chi connectivity index (χ3n) is 3.49. The van der Waals surface area contributed by atoms with Crippen LogP contribution in [0.3, 0.4) is 0 Å². The molecule has 0 saturated heterocycles. The van der Waals surface area contributed by atoms with Gasteiger partial charge in [-0.15, -0.1) is 0 Å². The number of aliphatic hydroxyl groups excluding tert-OH is 1. The number of nitrogens with zero attached hydrogens (tertiary/aromatic N) is 1. The van der Waals surface area contributed by atoms with Crippen LogP contribution >= 0.6 is 0 Å². The number of carbonyl (C=O) groups excluding carboxylic acids is 1. The average Bonchev–Trinajstić information content (AvgIpc) is 3.05. The van der Waals surface area contributed by atoms with Crippen molar-refractivity contribution >= 4 is 11.8 Å². The predicted molar refractivity (Wildman–Crippen MR) is 71.7 cm³/mol. The maximum absolute atomic E-state index is 12.1. The van der Waals surface area contributed by atoms with Gasteiger partial charge in [-0.25, -0.2) is 0 Å². The van der Waals surface area contributed by atoms with Crippen LogP contribution in [0.5, 0.6) is 0 Å². The first kappa shape index (κ1) is 13.3. The van der Waals surface area contributed by atoms with E-state index in [0.717, 1.165) is 17.2 Å². The monoisotopic (exact) mass is 288 g/mol. The van der Waals surface area contributed by atoms with Crippen LogP contribution in [0.15, 0.2) is 40.8 Å². The molecule has 0 radical (unpaired) electrons. The Balaban J connectivity index is 1.80. The molecule has 0 saturated carbocycles. The minimum Gasteiger partial charge on any atom is -0.395 e. The van der Waals surface area contributed by atoms with Gasteiger partial charge in [-0.2, -0.15) is 0 Å². The molecule has 1 aromatic carbocycles. The molecule has 0 bridgehead atoms. The highest BCUT2D eigenvalue weighted by molar-refractivity contribution is 5.92. The van der Waals surface area contributed by atoms with Gasteiger partial charge < -0.3 is 14.8 Å². The summed E-state index contributed by atoms with van der Waals surface area (Å²) < 4.78 is 4.85. The third kappa shape index (κ3) is 2.38. The molecule has 7 heteroatoms. The van der Waals surface area contributed by atoms with E-state index in [-0.39, 0.29) is 5.76 Å². The van der Waals surface area contributed by atoms with Gasteiger partial charge in [-0.3, -0.25) is 14.9 Å². The van der Waals surface area contributed by atoms with E-state index < -0.39 is 28.9 Å². The van der Waals surface area contributed by atoms with Crippen molar-refractivity contribution < 1.29 is 19.2 Å². The average molecular weight is 288 g/mol. The highest BCUT2D eigenvalue weighted by Gasteiger charge is 2.32. The van der Waals surface area contributed by atoms with Crippen molar-refractivity contribution in [2.45, 2.75) is 18.6 Å². The molecule has 1 amide bonds. The van der Waals surface area contributed by atoms with Crippen molar-refractivity contribution in [3.63, 3.8) is 0 Å². The Kier molecular flexibility index (Phi) is 3.19. The molecule has 0 spiro atoms. The zero-order chi connectivity index (χ0) is 15.0. The van der Waals surface area contributed by atoms with E-state index >= 15 is 0 Å². The van der Waals surface area contributed by atoms with Crippen LogP contribution in [-0.4, -0.2) is 22.0 Å². The first-order valence-corrected chi connectivity index (χ1v) is 6.37. The molecule has 2 N–H and O–H groups in total. The van der Waals surface area contributed by atoms with Crippen molar-refractivity contribution in [3.8, 4) is 0 Å². The van der Waals surface area contributed by atoms with E-state index in [4.69, 9.17) is 4.42 Å². The summed E-state index contributed by atoms with van der Waals surface area (Å²) in [5.41, 5.74) is 1.82. The Morgan fingerprint density at radius 2 is 2.10 bits per heavy atom. The first-order valence-electron chi connectivity index (χ1n) is 6.37. The fourth-order valence-corrected chi connectivity index (χ4v) is 2.51. The van der Waals surface area contributed by atoms with Crippen LogP contribution in [0.25, 0.3) is 0 Å².